The highest BCUT2D eigenvalue weighted by Crippen LogP contribution is 2.47. The fourth-order valence-corrected chi connectivity index (χ4v) is 18.9. The number of nitrogen functional groups attached to an aromatic ring is 2. The quantitative estimate of drug-likeness (QED) is 0.0425. The molecule has 13 N–H and O–H groups in total. The topological polar surface area (TPSA) is 353 Å². The van der Waals surface area contributed by atoms with Crippen LogP contribution in [0.2, 0.25) is 0 Å². The van der Waals surface area contributed by atoms with Crippen molar-refractivity contribution in [2.45, 2.75) is 147 Å². The summed E-state index contributed by atoms with van der Waals surface area (Å²) in [6.45, 7) is 5.94. The summed E-state index contributed by atoms with van der Waals surface area (Å²) in [5, 5.41) is 52.4. The van der Waals surface area contributed by atoms with Gasteiger partial charge in [0.1, 0.15) is 17.6 Å². The molecule has 8 aromatic heterocycles. The van der Waals surface area contributed by atoms with Crippen LogP contribution in [0.4, 0.5) is 20.3 Å². The molecule has 4 aromatic carbocycles. The molecule has 6 aliphatic carbocycles. The van der Waals surface area contributed by atoms with Crippen molar-refractivity contribution < 1.29 is 24.5 Å². The first-order chi connectivity index (χ1) is 59.3. The molecule has 21 rings (SSSR count). The van der Waals surface area contributed by atoms with E-state index in [1.165, 1.54) is 154 Å². The van der Waals surface area contributed by atoms with E-state index >= 15 is 0 Å². The second-order valence-electron chi connectivity index (χ2n) is 31.3. The van der Waals surface area contributed by atoms with Crippen molar-refractivity contribution >= 4 is 107 Å². The number of benzene rings is 4. The van der Waals surface area contributed by atoms with Gasteiger partial charge >= 0.3 is 5.97 Å². The van der Waals surface area contributed by atoms with E-state index in [1.54, 1.807) is 42.5 Å². The van der Waals surface area contributed by atoms with Crippen LogP contribution in [0.15, 0.2) is 249 Å². The molecular weight excluding hydrogens is 1550 g/mol. The zero-order chi connectivity index (χ0) is 82.9. The average Bonchev–Trinajstić information content (AvgIpc) is 1.74. The molecule has 3 aliphatic heterocycles. The fraction of sp³-hybridized carbons (Fsp3) is 0.263. The predicted molar refractivity (Wildman–Crippen MR) is 484 cm³/mol. The van der Waals surface area contributed by atoms with Crippen LogP contribution in [0.5, 0.6) is 11.5 Å². The number of anilines is 2. The summed E-state index contributed by atoms with van der Waals surface area (Å²) < 4.78 is 13.9. The number of aliphatic imine (C=N–C) groups is 2. The van der Waals surface area contributed by atoms with Crippen molar-refractivity contribution in [1.82, 2.24) is 66.2 Å². The molecule has 0 saturated carbocycles. The van der Waals surface area contributed by atoms with Crippen LogP contribution in [0, 0.1) is 17.7 Å². The molecule has 0 spiro atoms. The largest absolute Gasteiger partial charge is 0.507 e. The van der Waals surface area contributed by atoms with Gasteiger partial charge < -0.3 is 52.9 Å². The number of aromatic amines is 3. The average molecular weight is 1650 g/mol. The maximum atomic E-state index is 13.9. The smallest absolute Gasteiger partial charge is 0.339 e. The number of allylic oxidation sites excluding steroid dienone is 7. The Balaban J connectivity index is 0.000000108. The number of aromatic carboxylic acids is 1. The van der Waals surface area contributed by atoms with E-state index in [9.17, 15) is 24.5 Å². The first-order valence-electron chi connectivity index (χ1n) is 41.6. The number of pyridine rings is 2. The number of fused-ring (bicyclic) bond motifs is 10. The second kappa shape index (κ2) is 36.5. The van der Waals surface area contributed by atoms with Gasteiger partial charge in [-0.05, 0) is 269 Å². The number of aromatic nitrogens is 10. The number of rotatable bonds is 15. The third-order valence-electron chi connectivity index (χ3n) is 23.5. The van der Waals surface area contributed by atoms with Crippen LogP contribution >= 0.6 is 22.7 Å². The van der Waals surface area contributed by atoms with E-state index in [-0.39, 0.29) is 35.1 Å². The van der Waals surface area contributed by atoms with Crippen molar-refractivity contribution in [3.63, 3.8) is 0 Å². The van der Waals surface area contributed by atoms with Crippen molar-refractivity contribution in [2.75, 3.05) is 11.5 Å². The minimum absolute atomic E-state index is 0.141. The number of halogens is 1. The van der Waals surface area contributed by atoms with Gasteiger partial charge in [-0.15, -0.1) is 0 Å². The van der Waals surface area contributed by atoms with Crippen molar-refractivity contribution in [2.24, 2.45) is 32.0 Å². The number of H-pyrrole nitrogens is 3. The Morgan fingerprint density at radius 3 is 2.16 bits per heavy atom. The second-order valence-corrected chi connectivity index (χ2v) is 33.4. The number of dihydropyridines is 1. The van der Waals surface area contributed by atoms with Gasteiger partial charge in [0.25, 0.3) is 0 Å². The third-order valence-corrected chi connectivity index (χ3v) is 25.2. The molecule has 0 bridgehead atoms. The molecule has 9 aliphatic rings. The van der Waals surface area contributed by atoms with Gasteiger partial charge in [-0.25, -0.2) is 39.1 Å². The Morgan fingerprint density at radius 2 is 1.41 bits per heavy atom. The summed E-state index contributed by atoms with van der Waals surface area (Å²) in [5.74, 6) is -1.70. The molecule has 612 valence electrons. The summed E-state index contributed by atoms with van der Waals surface area (Å²) in [6.07, 6.45) is 59.1. The minimum Gasteiger partial charge on any atom is -0.507 e. The number of carboxylic acids is 1. The Labute approximate surface area is 707 Å². The number of aromatic hydroxyl groups is 2. The lowest BCUT2D eigenvalue weighted by atomic mass is 9.72. The lowest BCUT2D eigenvalue weighted by molar-refractivity contribution is 0.0693. The minimum atomic E-state index is -1.17. The molecule has 0 saturated heterocycles. The molecule has 26 heteroatoms. The number of thiazole rings is 2. The highest BCUT2D eigenvalue weighted by molar-refractivity contribution is 7.17. The molecule has 11 heterocycles. The number of unbranched alkanes of at least 4 members (excludes halogenated alkanes) is 1. The zero-order valence-electron chi connectivity index (χ0n) is 67.1. The zero-order valence-corrected chi connectivity index (χ0v) is 68.7. The van der Waals surface area contributed by atoms with Gasteiger partial charge in [-0.1, -0.05) is 66.9 Å². The number of hydrazone groups is 2. The van der Waals surface area contributed by atoms with Crippen LogP contribution in [0.1, 0.15) is 164 Å². The van der Waals surface area contributed by atoms with Crippen molar-refractivity contribution in [3.05, 3.63) is 278 Å². The number of phenolic OH excluding ortho intramolecular Hbond substituents is 1. The molecule has 12 aromatic rings. The number of nitrogens with two attached hydrogens (primary N) is 2. The Kier molecular flexibility index (Phi) is 24.2. The van der Waals surface area contributed by atoms with E-state index in [4.69, 9.17) is 21.5 Å². The number of aryl methyl sites for hydroxylation is 2. The summed E-state index contributed by atoms with van der Waals surface area (Å²) in [5.41, 5.74) is 44.1. The van der Waals surface area contributed by atoms with Gasteiger partial charge in [-0.2, -0.15) is 15.3 Å². The summed E-state index contributed by atoms with van der Waals surface area (Å²) >= 11 is 3.01. The van der Waals surface area contributed by atoms with Crippen LogP contribution < -0.4 is 27.6 Å². The number of carbonyl (C=O) groups is 1. The monoisotopic (exact) mass is 1650 g/mol. The predicted octanol–water partition coefficient (Wildman–Crippen LogP) is 19.9. The molecule has 0 amide bonds. The Bertz CT molecular complexity index is 6280. The van der Waals surface area contributed by atoms with Crippen LogP contribution in [0.25, 0.3) is 72.4 Å². The normalized spacial score (nSPS) is 19.3. The number of carboxylic acid groups (broad SMARTS) is 1. The van der Waals surface area contributed by atoms with E-state index < -0.39 is 11.8 Å². The Morgan fingerprint density at radius 1 is 0.694 bits per heavy atom. The summed E-state index contributed by atoms with van der Waals surface area (Å²) in [6, 6.07) is 26.3. The first kappa shape index (κ1) is 80.1. The molecule has 23 nitrogen and oxygen atoms in total. The third kappa shape index (κ3) is 17.6. The number of phenols is 2. The molecule has 0 fully saturated rings. The van der Waals surface area contributed by atoms with Gasteiger partial charge in [0, 0.05) is 134 Å². The Hall–Kier alpha value is -13.3. The van der Waals surface area contributed by atoms with Crippen LogP contribution in [-0.2, 0) is 19.3 Å². The number of hydrogen-bond acceptors (Lipinski definition) is 21. The maximum absolute atomic E-state index is 13.9. The maximum Gasteiger partial charge on any atom is 0.339 e. The molecule has 5 atom stereocenters. The van der Waals surface area contributed by atoms with Crippen LogP contribution in [0.3, 0.4) is 0 Å². The van der Waals surface area contributed by atoms with Gasteiger partial charge in [0.05, 0.1) is 73.8 Å². The molecule has 0 radical (unpaired) electrons. The SMILES string of the molecule is C1=CC2NN=CC2C2=C1NC(c1cncnc1)C1=C2CCCC1.C=Cc1[nH]ncc1-c1cnc(-c2ccc(O)c(C(=O)O)c2)cc1CCCC.Nc1ncc(C(=NC2=CC3C=NNC3C=C2)C2=CCCCC2)s1.Nc1ncc(C(=Nc2ccc3[nH]ccc3c2)C2=CCCCC2)s1.Oc1ccc(-c2[nH]c3ccc4nccc4c3c3c2CCCC3)cc1F. The summed E-state index contributed by atoms with van der Waals surface area (Å²) in [7, 11) is 0. The van der Waals surface area contributed by atoms with E-state index in [1.807, 2.05) is 61.6 Å². The molecule has 121 heavy (non-hydrogen) atoms. The molecule has 5 unspecified atom stereocenters. The number of hydrogen-bond donors (Lipinski definition) is 11. The van der Waals surface area contributed by atoms with Gasteiger partial charge in [-0.3, -0.25) is 15.1 Å². The van der Waals surface area contributed by atoms with E-state index in [0.29, 0.717) is 33.5 Å². The first-order valence-corrected chi connectivity index (χ1v) is 43.2. The molecular formula is C95H94FN19O4S2. The fourth-order valence-electron chi connectivity index (χ4n) is 17.5. The number of nitrogens with one attached hydrogen (secondary N) is 6. The van der Waals surface area contributed by atoms with Crippen molar-refractivity contribution in [1.29, 1.82) is 0 Å². The van der Waals surface area contributed by atoms with E-state index in [0.717, 1.165) is 159 Å². The highest BCUT2D eigenvalue weighted by Gasteiger charge is 2.39. The van der Waals surface area contributed by atoms with Gasteiger partial charge in [0.2, 0.25) is 0 Å². The van der Waals surface area contributed by atoms with Crippen LogP contribution in [-0.4, -0.2) is 107 Å². The summed E-state index contributed by atoms with van der Waals surface area (Å²) in [4.78, 5) is 55.8. The standard InChI is InChI=1S/C21H17FN2O.C21H21N3O3.C18H19N5.C18H18N4S.C17H19N5S/c22-16-11-12(5-8-19(16)25)21-14-4-2-1-3-13(14)20-15-9-10-23-17(15)6-7-18(20)24-21;1-3-5-6-13-10-19(14-7-8-20(25)15(9-14)21(26)27)22-11-16(13)17-12-23-24-18(17)4-2;1-2-4-13-12(3-1)17-14-9-21-23-15(14)5-6-16(17)22-18(13)11-7-19-10-20-8-11;19-18-21-11-16(23-18)17(12-4-2-1-3-5-12)22-14-6-7-15-13(10-14)8-9-20-15;18-17-19-10-15(23-17)16(11-4-2-1-3-5-11)21-13-6-7-14-12(8-13)9-20-22-14/h5-11,24-25H,1-4H2;4,7-12,25H,2-3,5-6H2,1H3,(H,23,24)(H,26,27);5-10,14-15,18,22-23H,1-4H2;4,6-11,20H,1-3,5H2,(H2,19,21);4,6-10,12,14,22H,1-3,5H2,(H2,18,19). The lowest BCUT2D eigenvalue weighted by Crippen LogP contribution is -2.38. The van der Waals surface area contributed by atoms with Crippen molar-refractivity contribution in [3.8, 4) is 45.1 Å². The lowest BCUT2D eigenvalue weighted by Gasteiger charge is -2.39. The highest BCUT2D eigenvalue weighted by atomic mass is 32.1. The number of nitrogens with zero attached hydrogens (tertiary/aromatic N) is 11. The van der Waals surface area contributed by atoms with Gasteiger partial charge in [0.15, 0.2) is 21.8 Å². The van der Waals surface area contributed by atoms with E-state index in [2.05, 4.69) is 169 Å².